The molecule has 1 N–H and O–H groups in total. The summed E-state index contributed by atoms with van der Waals surface area (Å²) in [7, 11) is 1.64. The summed E-state index contributed by atoms with van der Waals surface area (Å²) >= 11 is 0. The van der Waals surface area contributed by atoms with Gasteiger partial charge in [-0.15, -0.1) is 0 Å². The van der Waals surface area contributed by atoms with E-state index < -0.39 is 5.97 Å². The number of piperazine rings is 1. The summed E-state index contributed by atoms with van der Waals surface area (Å²) in [6.07, 6.45) is 7.05. The van der Waals surface area contributed by atoms with E-state index in [2.05, 4.69) is 19.8 Å². The van der Waals surface area contributed by atoms with E-state index in [9.17, 15) is 9.90 Å². The van der Waals surface area contributed by atoms with Crippen LogP contribution in [0, 0.1) is 0 Å². The summed E-state index contributed by atoms with van der Waals surface area (Å²) in [6, 6.07) is 7.75. The predicted molar refractivity (Wildman–Crippen MR) is 115 cm³/mol. The fraction of sp³-hybridized carbons (Fsp3) is 0.409. The minimum Gasteiger partial charge on any atom is -0.497 e. The topological polar surface area (TPSA) is 88.0 Å². The number of carbonyl (C=O) groups excluding carboxylic acids is 1. The van der Waals surface area contributed by atoms with Crippen molar-refractivity contribution in [1.82, 2.24) is 14.9 Å². The number of hydrogen-bond acceptors (Lipinski definition) is 8. The molecule has 0 bridgehead atoms. The Balaban J connectivity index is 1.55. The summed E-state index contributed by atoms with van der Waals surface area (Å²) in [6.45, 7) is 5.18. The van der Waals surface area contributed by atoms with Crippen molar-refractivity contribution in [3.8, 4) is 5.75 Å². The number of methoxy groups -OCH3 is 1. The second-order valence-electron chi connectivity index (χ2n) is 6.90. The van der Waals surface area contributed by atoms with E-state index in [0.717, 1.165) is 37.5 Å². The molecule has 30 heavy (non-hydrogen) atoms. The first-order chi connectivity index (χ1) is 14.6. The fourth-order valence-corrected chi connectivity index (χ4v) is 3.29. The van der Waals surface area contributed by atoms with Crippen molar-refractivity contribution < 1.29 is 19.4 Å². The molecule has 2 heterocycles. The minimum atomic E-state index is -0.414. The number of rotatable bonds is 8. The third-order valence-electron chi connectivity index (χ3n) is 5.03. The van der Waals surface area contributed by atoms with E-state index in [0.29, 0.717) is 18.1 Å². The van der Waals surface area contributed by atoms with Gasteiger partial charge in [-0.1, -0.05) is 24.3 Å². The molecule has 0 radical (unpaired) electrons. The zero-order chi connectivity index (χ0) is 21.3. The lowest BCUT2D eigenvalue weighted by molar-refractivity contribution is 0.0525. The molecule has 160 valence electrons. The quantitative estimate of drug-likeness (QED) is 0.658. The van der Waals surface area contributed by atoms with Crippen LogP contribution >= 0.6 is 0 Å². The second kappa shape index (κ2) is 10.7. The van der Waals surface area contributed by atoms with Gasteiger partial charge in [0.15, 0.2) is 0 Å². The standard InChI is InChI=1S/C22H28N4O4/c1-3-30-21(28)18-14-23-22(24-15-18)26-12-10-25(11-13-26)19(16-27)7-4-17-5-8-20(29-2)9-6-17/h4-9,14-15,19,27H,3,10-13,16H2,1-2H3. The third-order valence-corrected chi connectivity index (χ3v) is 5.03. The van der Waals surface area contributed by atoms with Gasteiger partial charge in [-0.3, -0.25) is 4.90 Å². The Morgan fingerprint density at radius 1 is 1.17 bits per heavy atom. The van der Waals surface area contributed by atoms with Crippen LogP contribution in [0.15, 0.2) is 42.7 Å². The van der Waals surface area contributed by atoms with Gasteiger partial charge in [0.25, 0.3) is 0 Å². The lowest BCUT2D eigenvalue weighted by Gasteiger charge is -2.37. The Morgan fingerprint density at radius 2 is 1.83 bits per heavy atom. The summed E-state index contributed by atoms with van der Waals surface area (Å²) in [4.78, 5) is 24.7. The highest BCUT2D eigenvalue weighted by Gasteiger charge is 2.23. The second-order valence-corrected chi connectivity index (χ2v) is 6.90. The van der Waals surface area contributed by atoms with Crippen LogP contribution in [0.25, 0.3) is 6.08 Å². The van der Waals surface area contributed by atoms with E-state index in [-0.39, 0.29) is 12.6 Å². The third kappa shape index (κ3) is 5.55. The summed E-state index contributed by atoms with van der Waals surface area (Å²) in [5, 5.41) is 9.85. The van der Waals surface area contributed by atoms with E-state index in [1.165, 1.54) is 12.4 Å². The largest absolute Gasteiger partial charge is 0.497 e. The van der Waals surface area contributed by atoms with Crippen molar-refractivity contribution in [2.75, 3.05) is 51.4 Å². The number of nitrogens with zero attached hydrogens (tertiary/aromatic N) is 4. The van der Waals surface area contributed by atoms with Gasteiger partial charge in [0.05, 0.1) is 31.9 Å². The molecular weight excluding hydrogens is 384 g/mol. The summed E-state index contributed by atoms with van der Waals surface area (Å²) < 4.78 is 10.1. The van der Waals surface area contributed by atoms with E-state index >= 15 is 0 Å². The number of aromatic nitrogens is 2. The summed E-state index contributed by atoms with van der Waals surface area (Å²) in [5.41, 5.74) is 1.41. The lowest BCUT2D eigenvalue weighted by Crippen LogP contribution is -2.51. The highest BCUT2D eigenvalue weighted by molar-refractivity contribution is 5.88. The van der Waals surface area contributed by atoms with Crippen LogP contribution in [0.5, 0.6) is 5.75 Å². The molecule has 0 saturated carbocycles. The van der Waals surface area contributed by atoms with Crippen LogP contribution in [0.2, 0.25) is 0 Å². The van der Waals surface area contributed by atoms with Crippen molar-refractivity contribution in [2.45, 2.75) is 13.0 Å². The molecule has 1 saturated heterocycles. The van der Waals surface area contributed by atoms with Crippen LogP contribution in [0.3, 0.4) is 0 Å². The number of aliphatic hydroxyl groups excluding tert-OH is 1. The number of anilines is 1. The molecule has 1 aromatic carbocycles. The van der Waals surface area contributed by atoms with Crippen molar-refractivity contribution in [3.05, 3.63) is 53.9 Å². The van der Waals surface area contributed by atoms with Crippen LogP contribution in [0.4, 0.5) is 5.95 Å². The molecule has 1 unspecified atom stereocenters. The minimum absolute atomic E-state index is 0.0530. The molecule has 1 aromatic heterocycles. The molecule has 1 atom stereocenters. The number of benzene rings is 1. The van der Waals surface area contributed by atoms with Crippen molar-refractivity contribution in [3.63, 3.8) is 0 Å². The highest BCUT2D eigenvalue weighted by Crippen LogP contribution is 2.16. The fourth-order valence-electron chi connectivity index (χ4n) is 3.29. The van der Waals surface area contributed by atoms with Gasteiger partial charge in [0, 0.05) is 38.6 Å². The molecule has 3 rings (SSSR count). The highest BCUT2D eigenvalue weighted by atomic mass is 16.5. The van der Waals surface area contributed by atoms with Crippen molar-refractivity contribution >= 4 is 18.0 Å². The number of esters is 1. The van der Waals surface area contributed by atoms with Crippen LogP contribution < -0.4 is 9.64 Å². The van der Waals surface area contributed by atoms with Gasteiger partial charge in [0.2, 0.25) is 5.95 Å². The molecule has 1 aliphatic heterocycles. The monoisotopic (exact) mass is 412 g/mol. The smallest absolute Gasteiger partial charge is 0.341 e. The molecule has 0 spiro atoms. The zero-order valence-electron chi connectivity index (χ0n) is 17.4. The van der Waals surface area contributed by atoms with Gasteiger partial charge in [-0.05, 0) is 24.6 Å². The normalized spacial score (nSPS) is 15.9. The first kappa shape index (κ1) is 21.7. The summed E-state index contributed by atoms with van der Waals surface area (Å²) in [5.74, 6) is 1.000. The first-order valence-electron chi connectivity index (χ1n) is 10.1. The first-order valence-corrected chi connectivity index (χ1v) is 10.1. The van der Waals surface area contributed by atoms with Crippen molar-refractivity contribution in [1.29, 1.82) is 0 Å². The van der Waals surface area contributed by atoms with Gasteiger partial charge in [0.1, 0.15) is 5.75 Å². The molecule has 0 amide bonds. The molecule has 8 nitrogen and oxygen atoms in total. The van der Waals surface area contributed by atoms with Crippen molar-refractivity contribution in [2.24, 2.45) is 0 Å². The molecule has 1 fully saturated rings. The Bertz CT molecular complexity index is 831. The SMILES string of the molecule is CCOC(=O)c1cnc(N2CCN(C(C=Cc3ccc(OC)cc3)CO)CC2)nc1. The molecular formula is C22H28N4O4. The number of hydrogen-bond donors (Lipinski definition) is 1. The molecule has 8 heteroatoms. The average molecular weight is 412 g/mol. The van der Waals surface area contributed by atoms with E-state index in [1.54, 1.807) is 14.0 Å². The number of ether oxygens (including phenoxy) is 2. The Kier molecular flexibility index (Phi) is 7.75. The van der Waals surface area contributed by atoms with Crippen LogP contribution in [0.1, 0.15) is 22.8 Å². The maximum absolute atomic E-state index is 11.7. The Labute approximate surface area is 176 Å². The van der Waals surface area contributed by atoms with Gasteiger partial charge >= 0.3 is 5.97 Å². The lowest BCUT2D eigenvalue weighted by atomic mass is 10.1. The Hall–Kier alpha value is -2.97. The maximum Gasteiger partial charge on any atom is 0.341 e. The molecule has 1 aliphatic rings. The average Bonchev–Trinajstić information content (AvgIpc) is 2.80. The maximum atomic E-state index is 11.7. The Morgan fingerprint density at radius 3 is 2.40 bits per heavy atom. The van der Waals surface area contributed by atoms with Crippen LogP contribution in [-0.4, -0.2) is 78.5 Å². The number of carbonyl (C=O) groups is 1. The van der Waals surface area contributed by atoms with E-state index in [1.807, 2.05) is 36.4 Å². The van der Waals surface area contributed by atoms with Crippen LogP contribution in [-0.2, 0) is 4.74 Å². The molecule has 0 aliphatic carbocycles. The number of aliphatic hydroxyl groups is 1. The van der Waals surface area contributed by atoms with Gasteiger partial charge < -0.3 is 19.5 Å². The van der Waals surface area contributed by atoms with Gasteiger partial charge in [-0.2, -0.15) is 0 Å². The zero-order valence-corrected chi connectivity index (χ0v) is 17.4. The van der Waals surface area contributed by atoms with Gasteiger partial charge in [-0.25, -0.2) is 14.8 Å². The molecule has 2 aromatic rings. The predicted octanol–water partition coefficient (Wildman–Crippen LogP) is 1.86. The van der Waals surface area contributed by atoms with E-state index in [4.69, 9.17) is 9.47 Å².